The van der Waals surface area contributed by atoms with Crippen LogP contribution in [0.3, 0.4) is 0 Å². The molecule has 1 unspecified atom stereocenters. The van der Waals surface area contributed by atoms with E-state index in [0.717, 1.165) is 0 Å². The van der Waals surface area contributed by atoms with Crippen LogP contribution in [0.25, 0.3) is 0 Å². The molecule has 2 aromatic rings. The minimum Gasteiger partial charge on any atom is -0.482 e. The standard InChI is InChI=1S/C17H21N3O5/c1-10(15-19-16(20-25-15)17(2,3)4)18-14(23)11-6-5-7-12(8-11)24-9-13(21)22/h5-8,10H,9H2,1-4H3,(H,18,23)(H,21,22). The molecule has 0 radical (unpaired) electrons. The number of hydrogen-bond donors (Lipinski definition) is 2. The monoisotopic (exact) mass is 347 g/mol. The third-order valence-corrected chi connectivity index (χ3v) is 3.29. The third-order valence-electron chi connectivity index (χ3n) is 3.29. The van der Waals surface area contributed by atoms with Gasteiger partial charge in [-0.15, -0.1) is 0 Å². The fourth-order valence-corrected chi connectivity index (χ4v) is 1.93. The molecule has 1 aromatic heterocycles. The highest BCUT2D eigenvalue weighted by Gasteiger charge is 2.24. The van der Waals surface area contributed by atoms with Gasteiger partial charge in [-0.3, -0.25) is 4.79 Å². The summed E-state index contributed by atoms with van der Waals surface area (Å²) in [6.45, 7) is 7.16. The smallest absolute Gasteiger partial charge is 0.341 e. The molecule has 1 heterocycles. The van der Waals surface area contributed by atoms with Gasteiger partial charge in [0.05, 0.1) is 0 Å². The van der Waals surface area contributed by atoms with Crippen molar-refractivity contribution in [3.8, 4) is 5.75 Å². The Kier molecular flexibility index (Phi) is 5.41. The zero-order valence-corrected chi connectivity index (χ0v) is 14.6. The molecule has 134 valence electrons. The van der Waals surface area contributed by atoms with Crippen LogP contribution in [-0.4, -0.2) is 33.7 Å². The summed E-state index contributed by atoms with van der Waals surface area (Å²) < 4.78 is 10.3. The molecule has 8 heteroatoms. The topological polar surface area (TPSA) is 115 Å². The Morgan fingerprint density at radius 2 is 2.08 bits per heavy atom. The van der Waals surface area contributed by atoms with Gasteiger partial charge in [-0.25, -0.2) is 4.79 Å². The SMILES string of the molecule is CC(NC(=O)c1cccc(OCC(=O)O)c1)c1nc(C(C)(C)C)no1. The number of aliphatic carboxylic acids is 1. The van der Waals surface area contributed by atoms with Crippen LogP contribution in [0.15, 0.2) is 28.8 Å². The summed E-state index contributed by atoms with van der Waals surface area (Å²) >= 11 is 0. The molecule has 0 aliphatic carbocycles. The Bertz CT molecular complexity index is 764. The van der Waals surface area contributed by atoms with Gasteiger partial charge in [0.2, 0.25) is 5.89 Å². The van der Waals surface area contributed by atoms with E-state index in [9.17, 15) is 9.59 Å². The van der Waals surface area contributed by atoms with E-state index in [2.05, 4.69) is 15.5 Å². The molecular formula is C17H21N3O5. The predicted molar refractivity (Wildman–Crippen MR) is 88.5 cm³/mol. The van der Waals surface area contributed by atoms with Crippen LogP contribution >= 0.6 is 0 Å². The maximum absolute atomic E-state index is 12.3. The van der Waals surface area contributed by atoms with Crippen LogP contribution in [0.4, 0.5) is 0 Å². The summed E-state index contributed by atoms with van der Waals surface area (Å²) in [5, 5.41) is 15.3. The normalized spacial score (nSPS) is 12.5. The zero-order valence-electron chi connectivity index (χ0n) is 14.6. The van der Waals surface area contributed by atoms with E-state index < -0.39 is 18.6 Å². The molecule has 0 saturated heterocycles. The number of carbonyl (C=O) groups is 2. The lowest BCUT2D eigenvalue weighted by Gasteiger charge is -2.12. The van der Waals surface area contributed by atoms with Crippen LogP contribution in [0.1, 0.15) is 55.8 Å². The number of carboxylic acid groups (broad SMARTS) is 1. The van der Waals surface area contributed by atoms with Gasteiger partial charge in [-0.05, 0) is 25.1 Å². The van der Waals surface area contributed by atoms with Gasteiger partial charge in [0.1, 0.15) is 11.8 Å². The Hall–Kier alpha value is -2.90. The highest BCUT2D eigenvalue weighted by molar-refractivity contribution is 5.94. The van der Waals surface area contributed by atoms with Crippen molar-refractivity contribution in [3.63, 3.8) is 0 Å². The van der Waals surface area contributed by atoms with Crippen molar-refractivity contribution in [1.29, 1.82) is 0 Å². The van der Waals surface area contributed by atoms with E-state index in [-0.39, 0.29) is 11.3 Å². The molecule has 0 fully saturated rings. The van der Waals surface area contributed by atoms with Crippen molar-refractivity contribution in [1.82, 2.24) is 15.5 Å². The number of ether oxygens (including phenoxy) is 1. The number of aromatic nitrogens is 2. The molecule has 0 bridgehead atoms. The average molecular weight is 347 g/mol. The number of benzene rings is 1. The molecule has 2 N–H and O–H groups in total. The van der Waals surface area contributed by atoms with Crippen LogP contribution in [0.5, 0.6) is 5.75 Å². The molecule has 1 atom stereocenters. The quantitative estimate of drug-likeness (QED) is 0.824. The molecule has 2 rings (SSSR count). The van der Waals surface area contributed by atoms with Gasteiger partial charge < -0.3 is 19.7 Å². The molecule has 8 nitrogen and oxygen atoms in total. The number of carboxylic acids is 1. The molecule has 0 saturated carbocycles. The fraction of sp³-hybridized carbons (Fsp3) is 0.412. The minimum absolute atomic E-state index is 0.249. The van der Waals surface area contributed by atoms with Gasteiger partial charge in [0, 0.05) is 11.0 Å². The Labute approximate surface area is 145 Å². The summed E-state index contributed by atoms with van der Waals surface area (Å²) in [7, 11) is 0. The molecule has 0 aliphatic rings. The van der Waals surface area contributed by atoms with E-state index in [1.807, 2.05) is 20.8 Å². The highest BCUT2D eigenvalue weighted by atomic mass is 16.5. The second kappa shape index (κ2) is 7.33. The first kappa shape index (κ1) is 18.4. The second-order valence-electron chi connectivity index (χ2n) is 6.61. The number of rotatable bonds is 6. The predicted octanol–water partition coefficient (Wildman–Crippen LogP) is 2.32. The maximum atomic E-state index is 12.3. The molecule has 0 aliphatic heterocycles. The lowest BCUT2D eigenvalue weighted by Crippen LogP contribution is -2.27. The summed E-state index contributed by atoms with van der Waals surface area (Å²) in [5.74, 6) is -0.266. The van der Waals surface area contributed by atoms with E-state index in [0.29, 0.717) is 23.0 Å². The van der Waals surface area contributed by atoms with Crippen molar-refractivity contribution >= 4 is 11.9 Å². The molecule has 1 aromatic carbocycles. The van der Waals surface area contributed by atoms with E-state index in [1.54, 1.807) is 25.1 Å². The van der Waals surface area contributed by atoms with Crippen LogP contribution < -0.4 is 10.1 Å². The van der Waals surface area contributed by atoms with Crippen molar-refractivity contribution in [2.24, 2.45) is 0 Å². The first-order valence-corrected chi connectivity index (χ1v) is 7.76. The average Bonchev–Trinajstić information content (AvgIpc) is 3.03. The van der Waals surface area contributed by atoms with E-state index in [4.69, 9.17) is 14.4 Å². The van der Waals surface area contributed by atoms with E-state index in [1.165, 1.54) is 6.07 Å². The van der Waals surface area contributed by atoms with Crippen LogP contribution in [-0.2, 0) is 10.2 Å². The van der Waals surface area contributed by atoms with E-state index >= 15 is 0 Å². The van der Waals surface area contributed by atoms with Gasteiger partial charge in [-0.1, -0.05) is 32.0 Å². The first-order chi connectivity index (χ1) is 11.7. The van der Waals surface area contributed by atoms with Crippen molar-refractivity contribution in [2.75, 3.05) is 6.61 Å². The van der Waals surface area contributed by atoms with Crippen molar-refractivity contribution in [2.45, 2.75) is 39.2 Å². The minimum atomic E-state index is -1.09. The Morgan fingerprint density at radius 1 is 1.36 bits per heavy atom. The van der Waals surface area contributed by atoms with Crippen LogP contribution in [0, 0.1) is 0 Å². The van der Waals surface area contributed by atoms with Gasteiger partial charge in [-0.2, -0.15) is 4.98 Å². The number of carbonyl (C=O) groups excluding carboxylic acids is 1. The first-order valence-electron chi connectivity index (χ1n) is 7.76. The third kappa shape index (κ3) is 5.03. The molecule has 0 spiro atoms. The van der Waals surface area contributed by atoms with Crippen molar-refractivity contribution < 1.29 is 24.0 Å². The largest absolute Gasteiger partial charge is 0.482 e. The Morgan fingerprint density at radius 3 is 2.68 bits per heavy atom. The fourth-order valence-electron chi connectivity index (χ4n) is 1.93. The summed E-state index contributed by atoms with van der Waals surface area (Å²) in [6, 6.07) is 5.79. The zero-order chi connectivity index (χ0) is 18.6. The lowest BCUT2D eigenvalue weighted by atomic mass is 9.96. The van der Waals surface area contributed by atoms with Gasteiger partial charge in [0.25, 0.3) is 5.91 Å². The highest BCUT2D eigenvalue weighted by Crippen LogP contribution is 2.21. The number of amides is 1. The number of hydrogen-bond acceptors (Lipinski definition) is 6. The second-order valence-corrected chi connectivity index (χ2v) is 6.61. The molecular weight excluding hydrogens is 326 g/mol. The van der Waals surface area contributed by atoms with Gasteiger partial charge in [0.15, 0.2) is 12.4 Å². The summed E-state index contributed by atoms with van der Waals surface area (Å²) in [6.07, 6.45) is 0. The molecule has 25 heavy (non-hydrogen) atoms. The number of nitrogens with one attached hydrogen (secondary N) is 1. The lowest BCUT2D eigenvalue weighted by molar-refractivity contribution is -0.139. The van der Waals surface area contributed by atoms with Crippen molar-refractivity contribution in [3.05, 3.63) is 41.5 Å². The maximum Gasteiger partial charge on any atom is 0.341 e. The Balaban J connectivity index is 2.05. The van der Waals surface area contributed by atoms with Gasteiger partial charge >= 0.3 is 5.97 Å². The summed E-state index contributed by atoms with van der Waals surface area (Å²) in [4.78, 5) is 27.2. The summed E-state index contributed by atoms with van der Waals surface area (Å²) in [5.41, 5.74) is 0.0895. The van der Waals surface area contributed by atoms with Crippen LogP contribution in [0.2, 0.25) is 0 Å². The number of nitrogens with zero attached hydrogens (tertiary/aromatic N) is 2. The molecule has 1 amide bonds.